The molecule has 308 valence electrons. The van der Waals surface area contributed by atoms with Gasteiger partial charge in [-0.1, -0.05) is 36.4 Å². The lowest BCUT2D eigenvalue weighted by atomic mass is 9.92. The lowest BCUT2D eigenvalue weighted by Crippen LogP contribution is -2.60. The number of fused-ring (bicyclic) bond motifs is 1. The van der Waals surface area contributed by atoms with Gasteiger partial charge in [0, 0.05) is 58.3 Å². The summed E-state index contributed by atoms with van der Waals surface area (Å²) in [6.45, 7) is 3.45. The summed E-state index contributed by atoms with van der Waals surface area (Å²) in [4.78, 5) is 114. The van der Waals surface area contributed by atoms with Crippen molar-refractivity contribution in [3.8, 4) is 5.75 Å². The van der Waals surface area contributed by atoms with Gasteiger partial charge in [0.25, 0.3) is 5.91 Å². The molecule has 2 aliphatic rings. The number of benzene rings is 2. The van der Waals surface area contributed by atoms with Crippen molar-refractivity contribution in [3.05, 3.63) is 83.4 Å². The van der Waals surface area contributed by atoms with E-state index in [2.05, 4.69) is 31.2 Å². The van der Waals surface area contributed by atoms with Crippen molar-refractivity contribution in [1.29, 1.82) is 0 Å². The number of primary amides is 1. The predicted molar refractivity (Wildman–Crippen MR) is 205 cm³/mol. The third-order valence-corrected chi connectivity index (χ3v) is 10.1. The zero-order valence-electron chi connectivity index (χ0n) is 32.4. The van der Waals surface area contributed by atoms with Crippen molar-refractivity contribution in [1.82, 2.24) is 36.1 Å². The van der Waals surface area contributed by atoms with Gasteiger partial charge < -0.3 is 46.7 Å². The number of aromatic nitrogens is 2. The summed E-state index contributed by atoms with van der Waals surface area (Å²) >= 11 is 0. The number of imidazole rings is 1. The van der Waals surface area contributed by atoms with Crippen LogP contribution < -0.4 is 27.0 Å². The van der Waals surface area contributed by atoms with Crippen LogP contribution in [0.15, 0.2) is 61.1 Å². The summed E-state index contributed by atoms with van der Waals surface area (Å²) in [6.07, 6.45) is 1.89. The molecule has 58 heavy (non-hydrogen) atoms. The van der Waals surface area contributed by atoms with Crippen molar-refractivity contribution in [2.24, 2.45) is 11.7 Å². The molecule has 5 atom stereocenters. The summed E-state index contributed by atoms with van der Waals surface area (Å²) in [5, 5.41) is 20.0. The first kappa shape index (κ1) is 42.6. The second-order valence-corrected chi connectivity index (χ2v) is 15.1. The summed E-state index contributed by atoms with van der Waals surface area (Å²) in [5.41, 5.74) is 7.55. The maximum atomic E-state index is 14.5. The Morgan fingerprint density at radius 1 is 0.948 bits per heavy atom. The molecule has 1 aromatic heterocycles. The Labute approximate surface area is 334 Å². The molecule has 8 N–H and O–H groups in total. The minimum absolute atomic E-state index is 0.0236. The van der Waals surface area contributed by atoms with E-state index in [0.717, 1.165) is 11.1 Å². The number of nitrogens with two attached hydrogens (primary N) is 1. The number of rotatable bonds is 17. The van der Waals surface area contributed by atoms with E-state index in [9.17, 15) is 43.5 Å². The maximum Gasteiger partial charge on any atom is 0.310 e. The number of hydrogen-bond acceptors (Lipinski definition) is 11. The molecule has 0 saturated carbocycles. The smallest absolute Gasteiger partial charge is 0.310 e. The van der Waals surface area contributed by atoms with E-state index in [-0.39, 0.29) is 50.8 Å². The normalized spacial score (nSPS) is 18.4. The van der Waals surface area contributed by atoms with Gasteiger partial charge >= 0.3 is 5.97 Å². The topological polar surface area (TPSA) is 272 Å². The van der Waals surface area contributed by atoms with E-state index < -0.39 is 89.3 Å². The van der Waals surface area contributed by atoms with Crippen LogP contribution in [0.2, 0.25) is 0 Å². The van der Waals surface area contributed by atoms with Gasteiger partial charge in [-0.05, 0) is 49.1 Å². The molecule has 18 nitrogen and oxygen atoms in total. The van der Waals surface area contributed by atoms with Crippen molar-refractivity contribution in [2.75, 3.05) is 7.05 Å². The number of carbonyl (C=O) groups excluding carboxylic acids is 8. The number of H-pyrrole nitrogens is 1. The Balaban J connectivity index is 1.41. The fourth-order valence-electron chi connectivity index (χ4n) is 7.15. The average molecular weight is 801 g/mol. The van der Waals surface area contributed by atoms with Crippen molar-refractivity contribution < 1.29 is 48.2 Å². The molecule has 6 amide bonds. The van der Waals surface area contributed by atoms with Crippen LogP contribution in [0.4, 0.5) is 0 Å². The number of nitrogens with zero attached hydrogens (tertiary/aromatic N) is 2. The van der Waals surface area contributed by atoms with E-state index in [0.29, 0.717) is 11.3 Å². The van der Waals surface area contributed by atoms with E-state index in [1.165, 1.54) is 36.6 Å². The molecule has 2 aromatic carbocycles. The number of carbonyl (C=O) groups is 8. The standard InChI is InChI=1S/C40H48N8O10/c1-40(2)18-25(39(57)58-40)16-33(51)45-28(12-13-32(50)37(55)42-3)35(53)46-29(17-26-19-43-21-44-26)36(54)47-30(14-22-8-10-27(49)11-9-22)38(56)48-20-24-7-5-4-6-23(24)15-31(48)34(41)52/h4-11,19,21,25,28-31,49H,12-18,20H2,1-3H3,(H2,41,52)(H,42,55)(H,43,44)(H,45,51)(H,46,53)(H,47,54)/t25?,28-,29-,30-,31-/m0/s1. The molecular weight excluding hydrogens is 752 g/mol. The van der Waals surface area contributed by atoms with Crippen LogP contribution in [-0.2, 0) is 68.9 Å². The molecule has 3 aromatic rings. The Kier molecular flexibility index (Phi) is 13.6. The Hall–Kier alpha value is -6.59. The van der Waals surface area contributed by atoms with Crippen molar-refractivity contribution in [2.45, 2.75) is 95.1 Å². The Bertz CT molecular complexity index is 2030. The second-order valence-electron chi connectivity index (χ2n) is 15.1. The number of cyclic esters (lactones) is 1. The summed E-state index contributed by atoms with van der Waals surface area (Å²) in [5.74, 6) is -6.93. The first-order chi connectivity index (χ1) is 27.5. The van der Waals surface area contributed by atoms with Crippen LogP contribution in [-0.4, -0.2) is 104 Å². The van der Waals surface area contributed by atoms with E-state index in [1.807, 2.05) is 18.2 Å². The van der Waals surface area contributed by atoms with Gasteiger partial charge in [0.05, 0.1) is 17.9 Å². The lowest BCUT2D eigenvalue weighted by Gasteiger charge is -2.37. The third kappa shape index (κ3) is 11.0. The number of phenolic OH excluding ortho intramolecular Hbond substituents is 1. The zero-order valence-corrected chi connectivity index (χ0v) is 32.4. The highest BCUT2D eigenvalue weighted by atomic mass is 16.6. The largest absolute Gasteiger partial charge is 0.508 e. The number of Topliss-reactive ketones (excluding diaryl/α,β-unsaturated/α-hetero) is 1. The number of nitrogens with one attached hydrogen (secondary N) is 5. The highest BCUT2D eigenvalue weighted by Gasteiger charge is 2.42. The molecular formula is C40H48N8O10. The Morgan fingerprint density at radius 3 is 2.24 bits per heavy atom. The molecule has 0 aliphatic carbocycles. The minimum Gasteiger partial charge on any atom is -0.508 e. The maximum absolute atomic E-state index is 14.5. The summed E-state index contributed by atoms with van der Waals surface area (Å²) < 4.78 is 5.32. The second kappa shape index (κ2) is 18.6. The molecule has 5 rings (SSSR count). The van der Waals surface area contributed by atoms with Crippen LogP contribution >= 0.6 is 0 Å². The summed E-state index contributed by atoms with van der Waals surface area (Å²) in [6, 6.07) is 8.08. The zero-order chi connectivity index (χ0) is 42.1. The van der Waals surface area contributed by atoms with Crippen LogP contribution in [0.1, 0.15) is 61.9 Å². The molecule has 1 unspecified atom stereocenters. The first-order valence-corrected chi connectivity index (χ1v) is 18.8. The average Bonchev–Trinajstić information content (AvgIpc) is 3.80. The number of aromatic hydroxyl groups is 1. The van der Waals surface area contributed by atoms with Gasteiger partial charge in [0.1, 0.15) is 35.5 Å². The van der Waals surface area contributed by atoms with Crippen molar-refractivity contribution >= 4 is 47.2 Å². The SMILES string of the molecule is CNC(=O)C(=O)CC[C@H](NC(=O)CC1CC(C)(C)OC1=O)C(=O)N[C@@H](Cc1c[nH]cn1)C(=O)N[C@@H](Cc1ccc(O)cc1)C(=O)N1Cc2ccccc2C[C@H]1C(N)=O. The highest BCUT2D eigenvalue weighted by molar-refractivity contribution is 6.36. The molecule has 0 bridgehead atoms. The fourth-order valence-corrected chi connectivity index (χ4v) is 7.15. The van der Waals surface area contributed by atoms with Gasteiger partial charge in [-0.25, -0.2) is 4.98 Å². The number of amides is 6. The predicted octanol–water partition coefficient (Wildman–Crippen LogP) is -0.379. The van der Waals surface area contributed by atoms with Crippen LogP contribution in [0, 0.1) is 5.92 Å². The number of phenols is 1. The van der Waals surface area contributed by atoms with Gasteiger partial charge in [-0.2, -0.15) is 0 Å². The number of likely N-dealkylation sites (N-methyl/N-ethyl adjacent to an activating group) is 1. The Morgan fingerprint density at radius 2 is 1.62 bits per heavy atom. The van der Waals surface area contributed by atoms with Gasteiger partial charge in [0.2, 0.25) is 35.3 Å². The number of ether oxygens (including phenoxy) is 1. The molecule has 0 radical (unpaired) electrons. The molecule has 0 spiro atoms. The van der Waals surface area contributed by atoms with Crippen LogP contribution in [0.25, 0.3) is 0 Å². The third-order valence-electron chi connectivity index (χ3n) is 10.1. The minimum atomic E-state index is -1.44. The van der Waals surface area contributed by atoms with Crippen LogP contribution in [0.5, 0.6) is 5.75 Å². The highest BCUT2D eigenvalue weighted by Crippen LogP contribution is 2.32. The lowest BCUT2D eigenvalue weighted by molar-refractivity contribution is -0.149. The first-order valence-electron chi connectivity index (χ1n) is 18.8. The van der Waals surface area contributed by atoms with Crippen molar-refractivity contribution in [3.63, 3.8) is 0 Å². The van der Waals surface area contributed by atoms with E-state index >= 15 is 0 Å². The molecule has 18 heteroatoms. The molecule has 1 saturated heterocycles. The number of esters is 1. The number of ketones is 1. The molecule has 1 fully saturated rings. The van der Waals surface area contributed by atoms with Gasteiger partial charge in [0.15, 0.2) is 0 Å². The summed E-state index contributed by atoms with van der Waals surface area (Å²) in [7, 11) is 1.27. The quantitative estimate of drug-likeness (QED) is 0.0683. The fraction of sp³-hybridized carbons (Fsp3) is 0.425. The van der Waals surface area contributed by atoms with Gasteiger partial charge in [-0.15, -0.1) is 0 Å². The number of aromatic amines is 1. The molecule has 3 heterocycles. The number of hydrogen-bond donors (Lipinski definition) is 7. The van der Waals surface area contributed by atoms with Crippen LogP contribution in [0.3, 0.4) is 0 Å². The molecule has 2 aliphatic heterocycles. The monoisotopic (exact) mass is 800 g/mol. The van der Waals surface area contributed by atoms with Gasteiger partial charge in [-0.3, -0.25) is 38.4 Å². The van der Waals surface area contributed by atoms with E-state index in [1.54, 1.807) is 32.0 Å². The van der Waals surface area contributed by atoms with E-state index in [4.69, 9.17) is 10.5 Å².